The third-order valence-electron chi connectivity index (χ3n) is 3.21. The van der Waals surface area contributed by atoms with Gasteiger partial charge in [0.25, 0.3) is 0 Å². The largest absolute Gasteiger partial charge is 0.355 e. The van der Waals surface area contributed by atoms with Crippen molar-refractivity contribution in [1.82, 2.24) is 15.1 Å². The molecule has 4 heteroatoms. The monoisotopic (exact) mass is 229 g/mol. The second kappa shape index (κ2) is 6.86. The van der Waals surface area contributed by atoms with Crippen molar-refractivity contribution in [2.45, 2.75) is 33.2 Å². The average Bonchev–Trinajstić information content (AvgIpc) is 2.29. The Hall–Kier alpha value is -0.610. The van der Waals surface area contributed by atoms with Gasteiger partial charge in [-0.1, -0.05) is 6.92 Å². The summed E-state index contributed by atoms with van der Waals surface area (Å²) in [5, 5.41) is 2.92. The molecule has 1 aliphatic heterocycles. The van der Waals surface area contributed by atoms with Crippen LogP contribution in [0.3, 0.4) is 0 Å². The summed E-state index contributed by atoms with van der Waals surface area (Å²) in [6.07, 6.45) is 0.584. The third kappa shape index (κ3) is 4.49. The Morgan fingerprint density at radius 2 is 1.94 bits per heavy atom. The summed E-state index contributed by atoms with van der Waals surface area (Å²) < 4.78 is 0. The zero-order chi connectivity index (χ0) is 12.0. The van der Waals surface area contributed by atoms with E-state index in [4.69, 9.17) is 0 Å². The van der Waals surface area contributed by atoms with Crippen molar-refractivity contribution < 1.29 is 6.22 Å². The van der Waals surface area contributed by atoms with E-state index in [9.17, 15) is 4.79 Å². The summed E-state index contributed by atoms with van der Waals surface area (Å²) in [5.74, 6) is 0.154. The molecule has 1 N–H and O–H groups in total. The molecule has 0 aromatic carbocycles. The van der Waals surface area contributed by atoms with Crippen LogP contribution in [-0.2, 0) is 4.79 Å². The lowest BCUT2D eigenvalue weighted by atomic mass is 10.2. The van der Waals surface area contributed by atoms with Crippen molar-refractivity contribution in [3.8, 4) is 0 Å². The molecule has 96 valence electrons. The lowest BCUT2D eigenvalue weighted by Crippen LogP contribution is -2.50. The summed E-state index contributed by atoms with van der Waals surface area (Å²) in [7, 11) is 0. The van der Waals surface area contributed by atoms with Crippen LogP contribution in [0, 0.1) is 0 Å². The maximum atomic E-state index is 11.1. The number of nitrogens with one attached hydrogen (secondary N) is 1. The summed E-state index contributed by atoms with van der Waals surface area (Å²) in [6, 6.07) is 0.655. The molecular formula is C12H27N3O. The maximum Gasteiger partial charge on any atom is 0.219 e. The Morgan fingerprint density at radius 1 is 1.31 bits per heavy atom. The fourth-order valence-electron chi connectivity index (χ4n) is 1.98. The Bertz CT molecular complexity index is 216. The Kier molecular flexibility index (Phi) is 5.77. The molecule has 0 atom stereocenters. The first kappa shape index (κ1) is 13.5. The lowest BCUT2D eigenvalue weighted by Gasteiger charge is -2.36. The first-order chi connectivity index (χ1) is 7.63. The van der Waals surface area contributed by atoms with Gasteiger partial charge in [-0.3, -0.25) is 14.6 Å². The molecule has 1 fully saturated rings. The molecule has 0 spiro atoms. The normalized spacial score (nSPS) is 19.0. The van der Waals surface area contributed by atoms with E-state index in [1.165, 1.54) is 0 Å². The molecule has 1 heterocycles. The molecule has 1 aliphatic rings. The molecule has 0 bridgehead atoms. The number of carbonyl (C=O) groups is 1. The van der Waals surface area contributed by atoms with Crippen molar-refractivity contribution in [2.24, 2.45) is 0 Å². The molecule has 1 rings (SSSR count). The van der Waals surface area contributed by atoms with Gasteiger partial charge in [0.15, 0.2) is 0 Å². The molecular weight excluding hydrogens is 202 g/mol. The van der Waals surface area contributed by atoms with Gasteiger partial charge in [-0.25, -0.2) is 0 Å². The van der Waals surface area contributed by atoms with Crippen molar-refractivity contribution in [3.63, 3.8) is 0 Å². The van der Waals surface area contributed by atoms with Gasteiger partial charge in [0.2, 0.25) is 5.91 Å². The van der Waals surface area contributed by atoms with Gasteiger partial charge in [0, 0.05) is 53.2 Å². The molecule has 1 saturated heterocycles. The molecule has 0 unspecified atom stereocenters. The van der Waals surface area contributed by atoms with Crippen LogP contribution < -0.4 is 5.32 Å². The first-order valence-electron chi connectivity index (χ1n) is 6.36. The number of hydrogen-bond donors (Lipinski definition) is 1. The van der Waals surface area contributed by atoms with Crippen LogP contribution in [-0.4, -0.2) is 61.0 Å². The average molecular weight is 229 g/mol. The molecule has 0 aromatic heterocycles. The zero-order valence-electron chi connectivity index (χ0n) is 10.8. The predicted octanol–water partition coefficient (Wildman–Crippen LogP) is 0.785. The molecule has 1 amide bonds. The minimum Gasteiger partial charge on any atom is -0.355 e. The van der Waals surface area contributed by atoms with Gasteiger partial charge in [-0.2, -0.15) is 0 Å². The van der Waals surface area contributed by atoms with Crippen LogP contribution >= 0.6 is 0 Å². The van der Waals surface area contributed by atoms with Crippen LogP contribution in [0.25, 0.3) is 0 Å². The van der Waals surface area contributed by atoms with Crippen molar-refractivity contribution >= 4 is 5.91 Å². The highest BCUT2D eigenvalue weighted by atomic mass is 16.1. The molecule has 0 saturated carbocycles. The van der Waals surface area contributed by atoms with Gasteiger partial charge in [-0.05, 0) is 13.8 Å². The summed E-state index contributed by atoms with van der Waals surface area (Å²) in [4.78, 5) is 16.0. The molecule has 4 nitrogen and oxygen atoms in total. The minimum atomic E-state index is 0. The van der Waals surface area contributed by atoms with E-state index < -0.39 is 0 Å². The number of hydrogen-bond acceptors (Lipinski definition) is 3. The first-order valence-corrected chi connectivity index (χ1v) is 6.36. The topological polar surface area (TPSA) is 35.6 Å². The quantitative estimate of drug-likeness (QED) is 0.757. The minimum absolute atomic E-state index is 0. The SMILES string of the molecule is CCC(=O)NCCN1CCN(C(C)C)CC1.[HH]. The third-order valence-corrected chi connectivity index (χ3v) is 3.21. The number of nitrogens with zero attached hydrogens (tertiary/aromatic N) is 2. The Balaban J connectivity index is 0.00000256. The molecule has 0 radical (unpaired) electrons. The number of piperazine rings is 1. The smallest absolute Gasteiger partial charge is 0.219 e. The summed E-state index contributed by atoms with van der Waals surface area (Å²) in [6.45, 7) is 12.7. The van der Waals surface area contributed by atoms with Gasteiger partial charge in [0.1, 0.15) is 0 Å². The van der Waals surface area contributed by atoms with E-state index in [2.05, 4.69) is 29.0 Å². The fraction of sp³-hybridized carbons (Fsp3) is 0.917. The maximum absolute atomic E-state index is 11.1. The van der Waals surface area contributed by atoms with Crippen molar-refractivity contribution in [1.29, 1.82) is 0 Å². The van der Waals surface area contributed by atoms with Crippen LogP contribution in [0.15, 0.2) is 0 Å². The molecule has 16 heavy (non-hydrogen) atoms. The zero-order valence-corrected chi connectivity index (χ0v) is 10.8. The van der Waals surface area contributed by atoms with E-state index in [-0.39, 0.29) is 7.33 Å². The van der Waals surface area contributed by atoms with Gasteiger partial charge in [-0.15, -0.1) is 0 Å². The van der Waals surface area contributed by atoms with Crippen LogP contribution in [0.4, 0.5) is 0 Å². The predicted molar refractivity (Wildman–Crippen MR) is 68.6 cm³/mol. The highest BCUT2D eigenvalue weighted by Gasteiger charge is 2.18. The summed E-state index contributed by atoms with van der Waals surface area (Å²) in [5.41, 5.74) is 0. The highest BCUT2D eigenvalue weighted by Crippen LogP contribution is 2.04. The second-order valence-corrected chi connectivity index (χ2v) is 4.67. The summed E-state index contributed by atoms with van der Waals surface area (Å²) >= 11 is 0. The van der Waals surface area contributed by atoms with Crippen molar-refractivity contribution in [2.75, 3.05) is 39.3 Å². The standard InChI is InChI=1S/C12H25N3O.H2/c1-4-12(16)13-5-6-14-7-9-15(10-8-14)11(2)3;/h11H,4-10H2,1-3H3,(H,13,16);1H. The molecule has 0 aliphatic carbocycles. The Labute approximate surface area is 100 Å². The van der Waals surface area contributed by atoms with Crippen molar-refractivity contribution in [3.05, 3.63) is 0 Å². The van der Waals surface area contributed by atoms with Crippen LogP contribution in [0.5, 0.6) is 0 Å². The highest BCUT2D eigenvalue weighted by molar-refractivity contribution is 5.75. The number of rotatable bonds is 5. The fourth-order valence-corrected chi connectivity index (χ4v) is 1.98. The van der Waals surface area contributed by atoms with E-state index in [1.54, 1.807) is 0 Å². The lowest BCUT2D eigenvalue weighted by molar-refractivity contribution is -0.120. The van der Waals surface area contributed by atoms with E-state index in [0.29, 0.717) is 12.5 Å². The van der Waals surface area contributed by atoms with Crippen LogP contribution in [0.2, 0.25) is 0 Å². The van der Waals surface area contributed by atoms with E-state index in [1.807, 2.05) is 6.92 Å². The number of carbonyl (C=O) groups excluding carboxylic acids is 1. The number of amides is 1. The van der Waals surface area contributed by atoms with Crippen LogP contribution in [0.1, 0.15) is 28.6 Å². The second-order valence-electron chi connectivity index (χ2n) is 4.67. The van der Waals surface area contributed by atoms with E-state index in [0.717, 1.165) is 39.3 Å². The van der Waals surface area contributed by atoms with E-state index >= 15 is 0 Å². The molecule has 0 aromatic rings. The van der Waals surface area contributed by atoms with Gasteiger partial charge < -0.3 is 5.32 Å². The van der Waals surface area contributed by atoms with Gasteiger partial charge in [0.05, 0.1) is 0 Å². The van der Waals surface area contributed by atoms with Gasteiger partial charge >= 0.3 is 0 Å². The Morgan fingerprint density at radius 3 is 2.44 bits per heavy atom.